The van der Waals surface area contributed by atoms with Crippen molar-refractivity contribution in [2.24, 2.45) is 0 Å². The Labute approximate surface area is 90.2 Å². The molecule has 0 aliphatic heterocycles. The van der Waals surface area contributed by atoms with Crippen LogP contribution in [0, 0.1) is 0 Å². The molecule has 74 valence electrons. The molecule has 0 radical (unpaired) electrons. The SMILES string of the molecule is O=C(Cl)NC(=O)Nc1ccc(Cl)cc1. The van der Waals surface area contributed by atoms with Crippen LogP contribution < -0.4 is 10.6 Å². The number of carbonyl (C=O) groups excluding carboxylic acids is 2. The molecule has 0 bridgehead atoms. The van der Waals surface area contributed by atoms with Crippen molar-refractivity contribution in [2.45, 2.75) is 0 Å². The maximum Gasteiger partial charge on any atom is 0.326 e. The summed E-state index contributed by atoms with van der Waals surface area (Å²) < 4.78 is 0. The zero-order chi connectivity index (χ0) is 10.6. The van der Waals surface area contributed by atoms with Gasteiger partial charge in [0.15, 0.2) is 0 Å². The Kier molecular flexibility index (Phi) is 3.73. The van der Waals surface area contributed by atoms with Crippen LogP contribution in [0.2, 0.25) is 5.02 Å². The van der Waals surface area contributed by atoms with Gasteiger partial charge in [0.25, 0.3) is 0 Å². The number of carbonyl (C=O) groups is 2. The van der Waals surface area contributed by atoms with E-state index in [1.807, 2.05) is 5.32 Å². The molecule has 0 saturated heterocycles. The minimum atomic E-state index is -0.934. The second-order valence-electron chi connectivity index (χ2n) is 2.36. The van der Waals surface area contributed by atoms with Crippen LogP contribution in [0.4, 0.5) is 15.3 Å². The lowest BCUT2D eigenvalue weighted by molar-refractivity contribution is 0.244. The second kappa shape index (κ2) is 4.83. The molecule has 0 saturated carbocycles. The highest BCUT2D eigenvalue weighted by atomic mass is 35.5. The number of amides is 3. The quantitative estimate of drug-likeness (QED) is 0.578. The number of rotatable bonds is 1. The average Bonchev–Trinajstić information content (AvgIpc) is 2.07. The van der Waals surface area contributed by atoms with Crippen molar-refractivity contribution in [1.82, 2.24) is 5.32 Å². The number of benzene rings is 1. The lowest BCUT2D eigenvalue weighted by Crippen LogP contribution is -2.30. The minimum absolute atomic E-state index is 0.518. The third kappa shape index (κ3) is 3.64. The molecular weight excluding hydrogens is 227 g/mol. The predicted octanol–water partition coefficient (Wildman–Crippen LogP) is 2.82. The summed E-state index contributed by atoms with van der Waals surface area (Å²) >= 11 is 10.6. The Morgan fingerprint density at radius 2 is 1.71 bits per heavy atom. The molecule has 1 aromatic carbocycles. The fourth-order valence-electron chi connectivity index (χ4n) is 0.785. The Bertz CT molecular complexity index is 351. The van der Waals surface area contributed by atoms with Gasteiger partial charge in [-0.1, -0.05) is 11.6 Å². The Hall–Kier alpha value is -1.26. The first-order chi connectivity index (χ1) is 6.58. The van der Waals surface area contributed by atoms with Crippen molar-refractivity contribution in [3.8, 4) is 0 Å². The Morgan fingerprint density at radius 1 is 1.14 bits per heavy atom. The molecule has 0 heterocycles. The molecule has 0 fully saturated rings. The van der Waals surface area contributed by atoms with E-state index in [0.717, 1.165) is 0 Å². The molecule has 2 N–H and O–H groups in total. The predicted molar refractivity (Wildman–Crippen MR) is 54.9 cm³/mol. The molecule has 0 atom stereocenters. The zero-order valence-corrected chi connectivity index (χ0v) is 8.39. The summed E-state index contributed by atoms with van der Waals surface area (Å²) in [5.74, 6) is 0. The smallest absolute Gasteiger partial charge is 0.308 e. The van der Waals surface area contributed by atoms with E-state index in [1.54, 1.807) is 24.3 Å². The van der Waals surface area contributed by atoms with Crippen molar-refractivity contribution in [1.29, 1.82) is 0 Å². The van der Waals surface area contributed by atoms with Crippen molar-refractivity contribution < 1.29 is 9.59 Å². The van der Waals surface area contributed by atoms with Crippen LogP contribution in [0.5, 0.6) is 0 Å². The summed E-state index contributed by atoms with van der Waals surface area (Å²) in [7, 11) is 0. The number of hydrogen-bond acceptors (Lipinski definition) is 2. The standard InChI is InChI=1S/C8H6Cl2N2O2/c9-5-1-3-6(4-2-5)11-8(14)12-7(10)13/h1-4H,(H2,11,12,13,14). The topological polar surface area (TPSA) is 58.2 Å². The number of hydrogen-bond donors (Lipinski definition) is 2. The molecule has 0 unspecified atom stereocenters. The molecular formula is C8H6Cl2N2O2. The molecule has 0 aromatic heterocycles. The van der Waals surface area contributed by atoms with Crippen molar-refractivity contribution in [3.63, 3.8) is 0 Å². The second-order valence-corrected chi connectivity index (χ2v) is 3.14. The van der Waals surface area contributed by atoms with Crippen LogP contribution in [0.25, 0.3) is 0 Å². The van der Waals surface area contributed by atoms with Crippen LogP contribution in [0.3, 0.4) is 0 Å². The number of imide groups is 1. The van der Waals surface area contributed by atoms with Gasteiger partial charge in [-0.3, -0.25) is 10.1 Å². The fraction of sp³-hybridized carbons (Fsp3) is 0. The minimum Gasteiger partial charge on any atom is -0.308 e. The van der Waals surface area contributed by atoms with Gasteiger partial charge in [-0.2, -0.15) is 0 Å². The first-order valence-corrected chi connectivity index (χ1v) is 4.36. The van der Waals surface area contributed by atoms with Crippen molar-refractivity contribution in [2.75, 3.05) is 5.32 Å². The Morgan fingerprint density at radius 3 is 2.21 bits per heavy atom. The van der Waals surface area contributed by atoms with E-state index in [-0.39, 0.29) is 0 Å². The van der Waals surface area contributed by atoms with Gasteiger partial charge in [-0.05, 0) is 35.9 Å². The lowest BCUT2D eigenvalue weighted by atomic mass is 10.3. The largest absolute Gasteiger partial charge is 0.326 e. The van der Waals surface area contributed by atoms with Crippen molar-refractivity contribution >= 4 is 40.3 Å². The van der Waals surface area contributed by atoms with E-state index in [4.69, 9.17) is 23.2 Å². The summed E-state index contributed by atoms with van der Waals surface area (Å²) in [5, 5.41) is 3.86. The number of urea groups is 1. The number of anilines is 1. The molecule has 0 aliphatic rings. The third-order valence-electron chi connectivity index (χ3n) is 1.31. The van der Waals surface area contributed by atoms with Gasteiger partial charge in [-0.25, -0.2) is 4.79 Å². The summed E-state index contributed by atoms with van der Waals surface area (Å²) in [6.45, 7) is 0. The highest BCUT2D eigenvalue weighted by Gasteiger charge is 2.03. The third-order valence-corrected chi connectivity index (χ3v) is 1.66. The van der Waals surface area contributed by atoms with Crippen LogP contribution in [0.15, 0.2) is 24.3 Å². The number of nitrogens with one attached hydrogen (secondary N) is 2. The maximum atomic E-state index is 10.9. The number of halogens is 2. The van der Waals surface area contributed by atoms with Crippen LogP contribution in [-0.2, 0) is 0 Å². The fourth-order valence-corrected chi connectivity index (χ4v) is 0.997. The van der Waals surface area contributed by atoms with Gasteiger partial charge in [0.1, 0.15) is 0 Å². The van der Waals surface area contributed by atoms with E-state index >= 15 is 0 Å². The van der Waals surface area contributed by atoms with Gasteiger partial charge in [0.2, 0.25) is 0 Å². The molecule has 1 rings (SSSR count). The van der Waals surface area contributed by atoms with Gasteiger partial charge < -0.3 is 5.32 Å². The average molecular weight is 233 g/mol. The van der Waals surface area contributed by atoms with E-state index in [9.17, 15) is 9.59 Å². The molecule has 0 aliphatic carbocycles. The van der Waals surface area contributed by atoms with E-state index in [1.165, 1.54) is 0 Å². The van der Waals surface area contributed by atoms with Gasteiger partial charge in [0.05, 0.1) is 0 Å². The normalized spacial score (nSPS) is 9.29. The van der Waals surface area contributed by atoms with Crippen LogP contribution in [0.1, 0.15) is 0 Å². The summed E-state index contributed by atoms with van der Waals surface area (Å²) in [4.78, 5) is 21.2. The first-order valence-electron chi connectivity index (χ1n) is 3.61. The zero-order valence-electron chi connectivity index (χ0n) is 6.88. The van der Waals surface area contributed by atoms with Crippen LogP contribution in [-0.4, -0.2) is 11.4 Å². The van der Waals surface area contributed by atoms with E-state index < -0.39 is 11.4 Å². The van der Waals surface area contributed by atoms with Gasteiger partial charge in [-0.15, -0.1) is 0 Å². The van der Waals surface area contributed by atoms with E-state index in [0.29, 0.717) is 10.7 Å². The van der Waals surface area contributed by atoms with Gasteiger partial charge >= 0.3 is 11.4 Å². The molecule has 3 amide bonds. The monoisotopic (exact) mass is 232 g/mol. The lowest BCUT2D eigenvalue weighted by Gasteiger charge is -2.03. The molecule has 6 heteroatoms. The molecule has 0 spiro atoms. The highest BCUT2D eigenvalue weighted by molar-refractivity contribution is 6.64. The Balaban J connectivity index is 2.56. The molecule has 14 heavy (non-hydrogen) atoms. The van der Waals surface area contributed by atoms with E-state index in [2.05, 4.69) is 5.32 Å². The van der Waals surface area contributed by atoms with Crippen LogP contribution >= 0.6 is 23.2 Å². The summed E-state index contributed by atoms with van der Waals surface area (Å²) in [6, 6.07) is 5.73. The van der Waals surface area contributed by atoms with Crippen molar-refractivity contribution in [3.05, 3.63) is 29.3 Å². The molecule has 4 nitrogen and oxygen atoms in total. The summed E-state index contributed by atoms with van der Waals surface area (Å²) in [6.07, 6.45) is 0. The molecule has 1 aromatic rings. The summed E-state index contributed by atoms with van der Waals surface area (Å²) in [5.41, 5.74) is 0.518. The highest BCUT2D eigenvalue weighted by Crippen LogP contribution is 2.12. The first kappa shape index (κ1) is 10.8. The maximum absolute atomic E-state index is 10.9. The van der Waals surface area contributed by atoms with Gasteiger partial charge in [0, 0.05) is 10.7 Å².